The lowest BCUT2D eigenvalue weighted by atomic mass is 9.82. The van der Waals surface area contributed by atoms with Gasteiger partial charge < -0.3 is 9.84 Å². The topological polar surface area (TPSA) is 59.4 Å². The lowest BCUT2D eigenvalue weighted by Gasteiger charge is -2.31. The maximum Gasteiger partial charge on any atom is 0.338 e. The molecule has 1 aromatic heterocycles. The second-order valence-corrected chi connectivity index (χ2v) is 4.52. The van der Waals surface area contributed by atoms with Crippen LogP contribution in [0.3, 0.4) is 0 Å². The number of aromatic nitrogens is 1. The first-order valence-electron chi connectivity index (χ1n) is 6.46. The molecule has 0 saturated carbocycles. The van der Waals surface area contributed by atoms with E-state index in [2.05, 4.69) is 4.98 Å². The van der Waals surface area contributed by atoms with Crippen LogP contribution in [0.25, 0.3) is 0 Å². The molecule has 2 unspecified atom stereocenters. The SMILES string of the molecule is CCCC(O)(C(=O)OCC)C(C)c1ccc(F)cn1. The predicted molar refractivity (Wildman–Crippen MR) is 69.1 cm³/mol. The molecule has 106 valence electrons. The largest absolute Gasteiger partial charge is 0.464 e. The molecule has 0 aromatic carbocycles. The second kappa shape index (κ2) is 6.61. The zero-order chi connectivity index (χ0) is 14.5. The van der Waals surface area contributed by atoms with Crippen molar-refractivity contribution in [2.24, 2.45) is 0 Å². The van der Waals surface area contributed by atoms with Crippen molar-refractivity contribution in [3.63, 3.8) is 0 Å². The van der Waals surface area contributed by atoms with Gasteiger partial charge in [-0.3, -0.25) is 4.98 Å². The van der Waals surface area contributed by atoms with Crippen LogP contribution in [0, 0.1) is 5.82 Å². The van der Waals surface area contributed by atoms with Gasteiger partial charge in [0.05, 0.1) is 12.8 Å². The van der Waals surface area contributed by atoms with Crippen LogP contribution in [0.2, 0.25) is 0 Å². The van der Waals surface area contributed by atoms with Gasteiger partial charge in [0.15, 0.2) is 5.60 Å². The zero-order valence-electron chi connectivity index (χ0n) is 11.5. The molecule has 1 N–H and O–H groups in total. The number of carbonyl (C=O) groups excluding carboxylic acids is 1. The van der Waals surface area contributed by atoms with Crippen molar-refractivity contribution in [1.82, 2.24) is 4.98 Å². The highest BCUT2D eigenvalue weighted by Crippen LogP contribution is 2.32. The Balaban J connectivity index is 3.03. The van der Waals surface area contributed by atoms with Crippen LogP contribution in [0.4, 0.5) is 4.39 Å². The van der Waals surface area contributed by atoms with Crippen molar-refractivity contribution in [2.75, 3.05) is 6.61 Å². The van der Waals surface area contributed by atoms with Crippen molar-refractivity contribution in [3.8, 4) is 0 Å². The Bertz CT molecular complexity index is 421. The fourth-order valence-electron chi connectivity index (χ4n) is 2.02. The number of hydrogen-bond donors (Lipinski definition) is 1. The van der Waals surface area contributed by atoms with E-state index in [9.17, 15) is 14.3 Å². The number of esters is 1. The molecule has 0 fully saturated rings. The fraction of sp³-hybridized carbons (Fsp3) is 0.571. The van der Waals surface area contributed by atoms with E-state index in [4.69, 9.17) is 4.74 Å². The third kappa shape index (κ3) is 3.50. The van der Waals surface area contributed by atoms with Crippen LogP contribution in [-0.2, 0) is 9.53 Å². The van der Waals surface area contributed by atoms with E-state index < -0.39 is 23.3 Å². The van der Waals surface area contributed by atoms with E-state index in [1.54, 1.807) is 13.8 Å². The molecule has 2 atom stereocenters. The molecular weight excluding hydrogens is 249 g/mol. The Hall–Kier alpha value is -1.49. The molecule has 0 spiro atoms. The Morgan fingerprint density at radius 3 is 2.68 bits per heavy atom. The molecule has 1 rings (SSSR count). The maximum atomic E-state index is 12.9. The van der Waals surface area contributed by atoms with E-state index in [1.807, 2.05) is 6.92 Å². The highest BCUT2D eigenvalue weighted by molar-refractivity contribution is 5.80. The first kappa shape index (κ1) is 15.6. The Morgan fingerprint density at radius 2 is 2.21 bits per heavy atom. The van der Waals surface area contributed by atoms with Gasteiger partial charge in [-0.05, 0) is 25.5 Å². The van der Waals surface area contributed by atoms with Gasteiger partial charge in [-0.25, -0.2) is 9.18 Å². The van der Waals surface area contributed by atoms with Gasteiger partial charge in [0, 0.05) is 11.6 Å². The van der Waals surface area contributed by atoms with E-state index in [-0.39, 0.29) is 13.0 Å². The summed E-state index contributed by atoms with van der Waals surface area (Å²) in [6, 6.07) is 2.73. The molecule has 19 heavy (non-hydrogen) atoms. The van der Waals surface area contributed by atoms with Crippen LogP contribution < -0.4 is 0 Å². The number of ether oxygens (including phenoxy) is 1. The number of pyridine rings is 1. The minimum atomic E-state index is -1.63. The predicted octanol–water partition coefficient (Wildman–Crippen LogP) is 2.42. The highest BCUT2D eigenvalue weighted by atomic mass is 19.1. The monoisotopic (exact) mass is 269 g/mol. The number of carbonyl (C=O) groups is 1. The quantitative estimate of drug-likeness (QED) is 0.806. The van der Waals surface area contributed by atoms with Crippen molar-refractivity contribution < 1.29 is 19.0 Å². The van der Waals surface area contributed by atoms with Gasteiger partial charge in [0.25, 0.3) is 0 Å². The van der Waals surface area contributed by atoms with Gasteiger partial charge in [-0.1, -0.05) is 20.3 Å². The number of aliphatic hydroxyl groups is 1. The van der Waals surface area contributed by atoms with E-state index in [1.165, 1.54) is 12.1 Å². The Morgan fingerprint density at radius 1 is 1.53 bits per heavy atom. The second-order valence-electron chi connectivity index (χ2n) is 4.52. The molecule has 0 aliphatic rings. The first-order valence-corrected chi connectivity index (χ1v) is 6.46. The molecule has 0 aliphatic carbocycles. The molecular formula is C14H20FNO3. The lowest BCUT2D eigenvalue weighted by molar-refractivity contribution is -0.168. The van der Waals surface area contributed by atoms with Crippen molar-refractivity contribution in [3.05, 3.63) is 29.8 Å². The third-order valence-corrected chi connectivity index (χ3v) is 3.17. The van der Waals surface area contributed by atoms with E-state index >= 15 is 0 Å². The normalized spacial score (nSPS) is 15.6. The van der Waals surface area contributed by atoms with Crippen molar-refractivity contribution in [1.29, 1.82) is 0 Å². The molecule has 0 aliphatic heterocycles. The summed E-state index contributed by atoms with van der Waals surface area (Å²) < 4.78 is 17.8. The smallest absolute Gasteiger partial charge is 0.338 e. The third-order valence-electron chi connectivity index (χ3n) is 3.17. The lowest BCUT2D eigenvalue weighted by Crippen LogP contribution is -2.45. The van der Waals surface area contributed by atoms with Gasteiger partial charge in [-0.2, -0.15) is 0 Å². The Labute approximate surface area is 112 Å². The molecule has 0 bridgehead atoms. The van der Waals surface area contributed by atoms with E-state index in [0.717, 1.165) is 6.20 Å². The number of halogens is 1. The van der Waals surface area contributed by atoms with Gasteiger partial charge in [0.2, 0.25) is 0 Å². The number of hydrogen-bond acceptors (Lipinski definition) is 4. The van der Waals surface area contributed by atoms with Crippen LogP contribution in [0.5, 0.6) is 0 Å². The molecule has 1 aromatic rings. The minimum Gasteiger partial charge on any atom is -0.464 e. The van der Waals surface area contributed by atoms with Crippen LogP contribution >= 0.6 is 0 Å². The van der Waals surface area contributed by atoms with Gasteiger partial charge in [0.1, 0.15) is 5.82 Å². The first-order chi connectivity index (χ1) is 8.95. The fourth-order valence-corrected chi connectivity index (χ4v) is 2.02. The molecule has 1 heterocycles. The number of rotatable bonds is 6. The maximum absolute atomic E-state index is 12.9. The zero-order valence-corrected chi connectivity index (χ0v) is 11.5. The summed E-state index contributed by atoms with van der Waals surface area (Å²) in [5.41, 5.74) is -1.17. The standard InChI is InChI=1S/C14H20FNO3/c1-4-8-14(18,13(17)19-5-2)10(3)12-7-6-11(15)9-16-12/h6-7,9-10,18H,4-5,8H2,1-3H3. The van der Waals surface area contributed by atoms with Crippen molar-refractivity contribution in [2.45, 2.75) is 45.1 Å². The average Bonchev–Trinajstić information content (AvgIpc) is 2.39. The van der Waals surface area contributed by atoms with Crippen molar-refractivity contribution >= 4 is 5.97 Å². The summed E-state index contributed by atoms with van der Waals surface area (Å²) in [7, 11) is 0. The van der Waals surface area contributed by atoms with Gasteiger partial charge in [-0.15, -0.1) is 0 Å². The van der Waals surface area contributed by atoms with Gasteiger partial charge >= 0.3 is 5.97 Å². The summed E-state index contributed by atoms with van der Waals surface area (Å²) in [4.78, 5) is 15.9. The van der Waals surface area contributed by atoms with Crippen LogP contribution in [0.15, 0.2) is 18.3 Å². The molecule has 0 amide bonds. The summed E-state index contributed by atoms with van der Waals surface area (Å²) >= 11 is 0. The summed E-state index contributed by atoms with van der Waals surface area (Å²) in [5, 5.41) is 10.6. The summed E-state index contributed by atoms with van der Waals surface area (Å²) in [6.07, 6.45) is 1.97. The molecule has 0 saturated heterocycles. The molecule has 0 radical (unpaired) electrons. The van der Waals surface area contributed by atoms with Crippen LogP contribution in [-0.4, -0.2) is 28.3 Å². The molecule has 4 nitrogen and oxygen atoms in total. The summed E-state index contributed by atoms with van der Waals surface area (Å²) in [6.45, 7) is 5.45. The average molecular weight is 269 g/mol. The summed E-state index contributed by atoms with van der Waals surface area (Å²) in [5.74, 6) is -1.67. The van der Waals surface area contributed by atoms with Crippen LogP contribution in [0.1, 0.15) is 45.2 Å². The Kier molecular flexibility index (Phi) is 5.42. The molecule has 5 heteroatoms. The minimum absolute atomic E-state index is 0.203. The van der Waals surface area contributed by atoms with E-state index in [0.29, 0.717) is 12.1 Å². The highest BCUT2D eigenvalue weighted by Gasteiger charge is 2.43. The number of nitrogens with zero attached hydrogens (tertiary/aromatic N) is 1.